The van der Waals surface area contributed by atoms with Gasteiger partial charge in [-0.15, -0.1) is 0 Å². The van der Waals surface area contributed by atoms with Crippen molar-refractivity contribution >= 4 is 16.3 Å². The molecule has 12 nitrogen and oxygen atoms in total. The third-order valence-corrected chi connectivity index (χ3v) is 12.8. The summed E-state index contributed by atoms with van der Waals surface area (Å²) in [5.41, 5.74) is 0. The van der Waals surface area contributed by atoms with Crippen molar-refractivity contribution in [3.05, 3.63) is 24.3 Å². The number of hydrogen-bond acceptors (Lipinski definition) is 11. The first-order chi connectivity index (χ1) is 30.1. The third kappa shape index (κ3) is 30.7. The zero-order chi connectivity index (χ0) is 45.5. The van der Waals surface area contributed by atoms with E-state index in [1.807, 2.05) is 6.08 Å². The Balaban J connectivity index is 2.47. The summed E-state index contributed by atoms with van der Waals surface area (Å²) in [6, 6.07) is -0.917. The Morgan fingerprint density at radius 3 is 1.50 bits per heavy atom. The third-order valence-electron chi connectivity index (χ3n) is 11.9. The number of unbranched alkanes of at least 4 members (excludes halogenated alkanes) is 28. The summed E-state index contributed by atoms with van der Waals surface area (Å²) in [7, 11) is -3.71. The summed E-state index contributed by atoms with van der Waals surface area (Å²) in [5, 5.41) is 45.2. The number of aliphatic hydroxyl groups excluding tert-OH is 4. The maximum atomic E-state index is 13.1. The molecule has 1 saturated heterocycles. The lowest BCUT2D eigenvalue weighted by Gasteiger charge is -2.41. The number of aliphatic hydroxyl groups is 4. The van der Waals surface area contributed by atoms with E-state index < -0.39 is 59.9 Å². The maximum absolute atomic E-state index is 13.1. The van der Waals surface area contributed by atoms with Gasteiger partial charge < -0.3 is 35.2 Å². The highest BCUT2D eigenvalue weighted by atomic mass is 32.3. The number of rotatable bonds is 43. The molecule has 1 amide bonds. The molecule has 0 aromatic carbocycles. The molecule has 1 heterocycles. The van der Waals surface area contributed by atoms with Gasteiger partial charge >= 0.3 is 10.4 Å². The van der Waals surface area contributed by atoms with Crippen LogP contribution in [0, 0.1) is 0 Å². The molecule has 0 saturated carbocycles. The number of nitrogens with one attached hydrogen (secondary N) is 1. The fraction of sp³-hybridized carbons (Fsp3) is 0.898. The van der Waals surface area contributed by atoms with Crippen LogP contribution in [0.2, 0.25) is 0 Å². The van der Waals surface area contributed by atoms with Crippen molar-refractivity contribution in [1.29, 1.82) is 0 Å². The first kappa shape index (κ1) is 58.6. The van der Waals surface area contributed by atoms with Gasteiger partial charge in [0.25, 0.3) is 0 Å². The second kappa shape index (κ2) is 39.9. The lowest BCUT2D eigenvalue weighted by atomic mass is 9.99. The van der Waals surface area contributed by atoms with Gasteiger partial charge in [0.15, 0.2) is 6.29 Å². The van der Waals surface area contributed by atoms with Gasteiger partial charge in [-0.3, -0.25) is 8.98 Å². The van der Waals surface area contributed by atoms with Crippen LogP contribution < -0.4 is 5.32 Å². The highest BCUT2D eigenvalue weighted by Gasteiger charge is 2.48. The van der Waals surface area contributed by atoms with E-state index in [-0.39, 0.29) is 18.9 Å². The molecule has 7 atom stereocenters. The molecule has 0 radical (unpaired) electrons. The fourth-order valence-electron chi connectivity index (χ4n) is 7.90. The molecule has 0 spiro atoms. The molecule has 5 unspecified atom stereocenters. The summed E-state index contributed by atoms with van der Waals surface area (Å²) in [4.78, 5) is 13.1. The average molecular weight is 904 g/mol. The first-order valence-corrected chi connectivity index (χ1v) is 26.4. The van der Waals surface area contributed by atoms with E-state index in [1.165, 1.54) is 154 Å². The average Bonchev–Trinajstić information content (AvgIpc) is 3.26. The maximum Gasteiger partial charge on any atom is 0.400 e. The smallest absolute Gasteiger partial charge is 0.394 e. The standard InChI is InChI=1S/C49H93NO11S/c1-4-6-8-10-12-14-16-18-19-20-21-22-23-24-25-27-29-31-33-35-37-39-45(53)50-42(43(52)38-36-34-32-30-28-26-17-15-13-11-9-7-5-2)41-59-49-47(55)48(61-62(56,57)58-3)46(54)44(40-51)60-49/h18-19,36,38,42-44,46-49,51-52,54-55H,4-17,20-35,37,39-41H2,1-3H3,(H,50,53)/b19-18-,38-36+/t42?,43?,44?,46-,47?,48?,49+/m0/s1. The molecule has 13 heteroatoms. The van der Waals surface area contributed by atoms with Crippen LogP contribution in [-0.4, -0.2) is 97.9 Å². The summed E-state index contributed by atoms with van der Waals surface area (Å²) < 4.78 is 44.4. The van der Waals surface area contributed by atoms with E-state index in [2.05, 4.69) is 35.5 Å². The Kier molecular flexibility index (Phi) is 37.7. The zero-order valence-corrected chi connectivity index (χ0v) is 40.3. The van der Waals surface area contributed by atoms with E-state index in [0.717, 1.165) is 45.6 Å². The molecule has 5 N–H and O–H groups in total. The van der Waals surface area contributed by atoms with Crippen LogP contribution in [0.4, 0.5) is 0 Å². The lowest BCUT2D eigenvalue weighted by Crippen LogP contribution is -2.61. The number of carbonyl (C=O) groups excluding carboxylic acids is 1. The topological polar surface area (TPSA) is 181 Å². The summed E-state index contributed by atoms with van der Waals surface area (Å²) in [6.45, 7) is 3.47. The Morgan fingerprint density at radius 2 is 1.06 bits per heavy atom. The van der Waals surface area contributed by atoms with Gasteiger partial charge in [-0.05, 0) is 44.9 Å². The Labute approximate surface area is 378 Å². The molecule has 366 valence electrons. The van der Waals surface area contributed by atoms with Crippen LogP contribution in [0.5, 0.6) is 0 Å². The van der Waals surface area contributed by atoms with Crippen molar-refractivity contribution in [2.45, 2.75) is 262 Å². The van der Waals surface area contributed by atoms with Gasteiger partial charge in [-0.25, -0.2) is 4.18 Å². The minimum absolute atomic E-state index is 0.245. The van der Waals surface area contributed by atoms with Crippen molar-refractivity contribution in [3.8, 4) is 0 Å². The van der Waals surface area contributed by atoms with E-state index in [0.29, 0.717) is 6.42 Å². The fourth-order valence-corrected chi connectivity index (χ4v) is 8.47. The largest absolute Gasteiger partial charge is 0.400 e. The molecule has 1 aliphatic heterocycles. The van der Waals surface area contributed by atoms with Crippen LogP contribution in [0.3, 0.4) is 0 Å². The Hall–Kier alpha value is -1.42. The van der Waals surface area contributed by atoms with Crippen molar-refractivity contribution in [2.24, 2.45) is 0 Å². The van der Waals surface area contributed by atoms with Crippen LogP contribution >= 0.6 is 0 Å². The molecule has 1 rings (SSSR count). The summed E-state index contributed by atoms with van der Waals surface area (Å²) in [5.74, 6) is -0.245. The van der Waals surface area contributed by atoms with Crippen LogP contribution in [-0.2, 0) is 33.0 Å². The molecule has 1 aliphatic rings. The van der Waals surface area contributed by atoms with Gasteiger partial charge in [0.05, 0.1) is 32.5 Å². The van der Waals surface area contributed by atoms with E-state index >= 15 is 0 Å². The van der Waals surface area contributed by atoms with Gasteiger partial charge in [0.2, 0.25) is 5.91 Å². The molecule has 0 aromatic rings. The highest BCUT2D eigenvalue weighted by Crippen LogP contribution is 2.26. The molecule has 0 aliphatic carbocycles. The van der Waals surface area contributed by atoms with Crippen LogP contribution in [0.1, 0.15) is 219 Å². The molecular weight excluding hydrogens is 811 g/mol. The van der Waals surface area contributed by atoms with E-state index in [4.69, 9.17) is 13.7 Å². The highest BCUT2D eigenvalue weighted by molar-refractivity contribution is 7.81. The van der Waals surface area contributed by atoms with E-state index in [1.54, 1.807) is 6.08 Å². The van der Waals surface area contributed by atoms with Gasteiger partial charge in [0.1, 0.15) is 24.4 Å². The number of ether oxygens (including phenoxy) is 2. The molecule has 1 fully saturated rings. The van der Waals surface area contributed by atoms with Gasteiger partial charge in [0, 0.05) is 6.42 Å². The van der Waals surface area contributed by atoms with Crippen LogP contribution in [0.25, 0.3) is 0 Å². The van der Waals surface area contributed by atoms with Crippen LogP contribution in [0.15, 0.2) is 24.3 Å². The van der Waals surface area contributed by atoms with Crippen molar-refractivity contribution < 1.29 is 51.5 Å². The Bertz CT molecular complexity index is 1200. The lowest BCUT2D eigenvalue weighted by molar-refractivity contribution is -0.298. The van der Waals surface area contributed by atoms with Crippen molar-refractivity contribution in [2.75, 3.05) is 20.3 Å². The van der Waals surface area contributed by atoms with Gasteiger partial charge in [-0.1, -0.05) is 192 Å². The predicted molar refractivity (Wildman–Crippen MR) is 250 cm³/mol. The quantitative estimate of drug-likeness (QED) is 0.0290. The number of allylic oxidation sites excluding steroid dienone is 3. The first-order valence-electron chi connectivity index (χ1n) is 25.1. The molecule has 0 bridgehead atoms. The minimum atomic E-state index is -4.58. The number of amides is 1. The van der Waals surface area contributed by atoms with E-state index in [9.17, 15) is 33.6 Å². The second-order valence-corrected chi connectivity index (χ2v) is 18.9. The Morgan fingerprint density at radius 1 is 0.645 bits per heavy atom. The number of carbonyl (C=O) groups is 1. The zero-order valence-electron chi connectivity index (χ0n) is 39.4. The SMILES string of the molecule is CCCCCCCC/C=C\CCCCCCCCCCCCCC(=O)NC(CO[C@@H]1OC(CO)[C@H](O)C(OS(=O)(=O)OC)C1O)C(O)/C=C/CCCCCCCCCCCCC. The molecule has 62 heavy (non-hydrogen) atoms. The second-order valence-electron chi connectivity index (χ2n) is 17.5. The summed E-state index contributed by atoms with van der Waals surface area (Å²) in [6.07, 6.45) is 37.1. The van der Waals surface area contributed by atoms with Crippen molar-refractivity contribution in [1.82, 2.24) is 5.32 Å². The molecule has 0 aromatic heterocycles. The predicted octanol–water partition coefficient (Wildman–Crippen LogP) is 10.2. The normalized spacial score (nSPS) is 20.7. The monoisotopic (exact) mass is 904 g/mol. The molecular formula is C49H93NO11S. The van der Waals surface area contributed by atoms with Gasteiger partial charge in [-0.2, -0.15) is 8.42 Å². The van der Waals surface area contributed by atoms with Crippen molar-refractivity contribution in [3.63, 3.8) is 0 Å². The number of hydrogen-bond donors (Lipinski definition) is 5. The summed E-state index contributed by atoms with van der Waals surface area (Å²) >= 11 is 0. The minimum Gasteiger partial charge on any atom is -0.394 e.